The van der Waals surface area contributed by atoms with Crippen LogP contribution < -0.4 is 11.5 Å². The molecule has 0 aliphatic rings. The molecule has 1 aromatic rings. The zero-order valence-corrected chi connectivity index (χ0v) is 8.79. The van der Waals surface area contributed by atoms with Crippen molar-refractivity contribution in [3.63, 3.8) is 0 Å². The second kappa shape index (κ2) is 4.08. The second-order valence-corrected chi connectivity index (χ2v) is 3.75. The van der Waals surface area contributed by atoms with Crippen molar-refractivity contribution in [3.8, 4) is 0 Å². The summed E-state index contributed by atoms with van der Waals surface area (Å²) in [6.07, 6.45) is -4.58. The highest BCUT2D eigenvalue weighted by molar-refractivity contribution is 6.36. The first-order valence-corrected chi connectivity index (χ1v) is 4.55. The van der Waals surface area contributed by atoms with Gasteiger partial charge < -0.3 is 11.5 Å². The van der Waals surface area contributed by atoms with Crippen LogP contribution in [0.15, 0.2) is 12.1 Å². The lowest BCUT2D eigenvalue weighted by Crippen LogP contribution is -2.29. The Balaban J connectivity index is 3.25. The van der Waals surface area contributed by atoms with E-state index in [9.17, 15) is 13.2 Å². The number of rotatable bonds is 1. The number of nitrogen functional groups attached to an aromatic ring is 1. The summed E-state index contributed by atoms with van der Waals surface area (Å²) in [5.74, 6) is 0. The molecule has 0 saturated carbocycles. The summed E-state index contributed by atoms with van der Waals surface area (Å²) in [5.41, 5.74) is 9.84. The quantitative estimate of drug-likeness (QED) is 0.761. The molecule has 7 heteroatoms. The molecule has 0 unspecified atom stereocenters. The fourth-order valence-electron chi connectivity index (χ4n) is 1.04. The van der Waals surface area contributed by atoms with Crippen LogP contribution in [0.3, 0.4) is 0 Å². The predicted octanol–water partition coefficient (Wildman–Crippen LogP) is 3.14. The third-order valence-electron chi connectivity index (χ3n) is 1.81. The summed E-state index contributed by atoms with van der Waals surface area (Å²) in [7, 11) is 0. The fourth-order valence-corrected chi connectivity index (χ4v) is 1.55. The monoisotopic (exact) mass is 258 g/mol. The van der Waals surface area contributed by atoms with Crippen LogP contribution in [-0.4, -0.2) is 6.18 Å². The molecule has 0 bridgehead atoms. The van der Waals surface area contributed by atoms with Crippen LogP contribution in [0.25, 0.3) is 0 Å². The third-order valence-corrected chi connectivity index (χ3v) is 2.34. The minimum Gasteiger partial charge on any atom is -0.397 e. The molecule has 0 aromatic heterocycles. The van der Waals surface area contributed by atoms with Gasteiger partial charge in [-0.15, -0.1) is 0 Å². The average molecular weight is 259 g/mol. The molecule has 15 heavy (non-hydrogen) atoms. The van der Waals surface area contributed by atoms with E-state index in [1.165, 1.54) is 6.07 Å². The summed E-state index contributed by atoms with van der Waals surface area (Å²) in [5, 5.41) is 0.0149. The van der Waals surface area contributed by atoms with Gasteiger partial charge in [0.25, 0.3) is 0 Å². The molecular weight excluding hydrogens is 252 g/mol. The van der Waals surface area contributed by atoms with Crippen molar-refractivity contribution in [3.05, 3.63) is 27.7 Å². The van der Waals surface area contributed by atoms with E-state index in [1.807, 2.05) is 0 Å². The largest absolute Gasteiger partial charge is 0.407 e. The number of nitrogens with two attached hydrogens (primary N) is 2. The standard InChI is InChI=1S/C8H7Cl2F3N2/c9-3-1-4(6(14)5(10)2-3)7(15)8(11,12)13/h1-2,7H,14-15H2/t7-/m0/s1. The molecule has 4 N–H and O–H groups in total. The van der Waals surface area contributed by atoms with Gasteiger partial charge in [-0.25, -0.2) is 0 Å². The summed E-state index contributed by atoms with van der Waals surface area (Å²) < 4.78 is 36.9. The lowest BCUT2D eigenvalue weighted by atomic mass is 10.1. The maximum atomic E-state index is 12.3. The normalized spacial score (nSPS) is 14.0. The van der Waals surface area contributed by atoms with Gasteiger partial charge in [-0.2, -0.15) is 13.2 Å². The summed E-state index contributed by atoms with van der Waals surface area (Å²) >= 11 is 11.1. The van der Waals surface area contributed by atoms with Crippen LogP contribution in [0.1, 0.15) is 11.6 Å². The lowest BCUT2D eigenvalue weighted by Gasteiger charge is -2.18. The molecule has 0 aliphatic carbocycles. The highest BCUT2D eigenvalue weighted by Crippen LogP contribution is 2.37. The Morgan fingerprint density at radius 3 is 2.20 bits per heavy atom. The van der Waals surface area contributed by atoms with E-state index in [0.717, 1.165) is 6.07 Å². The number of benzene rings is 1. The van der Waals surface area contributed by atoms with Crippen LogP contribution in [0.5, 0.6) is 0 Å². The van der Waals surface area contributed by atoms with Gasteiger partial charge in [0.1, 0.15) is 6.04 Å². The van der Waals surface area contributed by atoms with Gasteiger partial charge in [-0.05, 0) is 12.1 Å². The highest BCUT2D eigenvalue weighted by Gasteiger charge is 2.39. The number of alkyl halides is 3. The lowest BCUT2D eigenvalue weighted by molar-refractivity contribution is -0.149. The molecule has 0 radical (unpaired) electrons. The molecule has 0 saturated heterocycles. The first kappa shape index (κ1) is 12.4. The first-order chi connectivity index (χ1) is 6.73. The molecule has 0 amide bonds. The molecule has 0 aliphatic heterocycles. The predicted molar refractivity (Wildman–Crippen MR) is 53.9 cm³/mol. The maximum absolute atomic E-state index is 12.3. The number of halogens is 5. The Kier molecular flexibility index (Phi) is 3.38. The van der Waals surface area contributed by atoms with Gasteiger partial charge >= 0.3 is 6.18 Å². The zero-order chi connectivity index (χ0) is 11.8. The third kappa shape index (κ3) is 2.68. The van der Waals surface area contributed by atoms with Crippen LogP contribution in [-0.2, 0) is 0 Å². The van der Waals surface area contributed by atoms with Gasteiger partial charge in [0, 0.05) is 10.6 Å². The molecule has 0 heterocycles. The van der Waals surface area contributed by atoms with Crippen molar-refractivity contribution in [2.24, 2.45) is 5.73 Å². The van der Waals surface area contributed by atoms with Gasteiger partial charge in [0.15, 0.2) is 0 Å². The van der Waals surface area contributed by atoms with Crippen molar-refractivity contribution in [2.75, 3.05) is 5.73 Å². The van der Waals surface area contributed by atoms with Crippen LogP contribution in [0, 0.1) is 0 Å². The SMILES string of the molecule is Nc1c(Cl)cc(Cl)cc1[C@H](N)C(F)(F)F. The highest BCUT2D eigenvalue weighted by atomic mass is 35.5. The van der Waals surface area contributed by atoms with Crippen molar-refractivity contribution >= 4 is 28.9 Å². The minimum absolute atomic E-state index is 0.0443. The topological polar surface area (TPSA) is 52.0 Å². The van der Waals surface area contributed by atoms with E-state index >= 15 is 0 Å². The second-order valence-electron chi connectivity index (χ2n) is 2.91. The molecule has 0 spiro atoms. The van der Waals surface area contributed by atoms with Gasteiger partial charge in [0.2, 0.25) is 0 Å². The summed E-state index contributed by atoms with van der Waals surface area (Å²) in [4.78, 5) is 0. The average Bonchev–Trinajstić information content (AvgIpc) is 2.08. The van der Waals surface area contributed by atoms with E-state index in [1.54, 1.807) is 0 Å². The maximum Gasteiger partial charge on any atom is 0.407 e. The zero-order valence-electron chi connectivity index (χ0n) is 7.28. The van der Waals surface area contributed by atoms with Crippen molar-refractivity contribution in [1.82, 2.24) is 0 Å². The van der Waals surface area contributed by atoms with Crippen LogP contribution in [0.2, 0.25) is 10.0 Å². The molecule has 1 aromatic carbocycles. The van der Waals surface area contributed by atoms with E-state index in [2.05, 4.69) is 0 Å². The number of hydrogen-bond acceptors (Lipinski definition) is 2. The van der Waals surface area contributed by atoms with Crippen LogP contribution in [0.4, 0.5) is 18.9 Å². The summed E-state index contributed by atoms with van der Waals surface area (Å²) in [6, 6.07) is 0.125. The van der Waals surface area contributed by atoms with E-state index < -0.39 is 12.2 Å². The Labute approximate surface area is 93.9 Å². The number of anilines is 1. The molecule has 1 rings (SSSR count). The van der Waals surface area contributed by atoms with Gasteiger partial charge in [-0.3, -0.25) is 0 Å². The molecule has 1 atom stereocenters. The minimum atomic E-state index is -4.58. The van der Waals surface area contributed by atoms with Gasteiger partial charge in [-0.1, -0.05) is 23.2 Å². The Morgan fingerprint density at radius 2 is 1.73 bits per heavy atom. The Hall–Kier alpha value is -0.650. The van der Waals surface area contributed by atoms with E-state index in [4.69, 9.17) is 34.7 Å². The molecule has 2 nitrogen and oxygen atoms in total. The van der Waals surface area contributed by atoms with Crippen molar-refractivity contribution < 1.29 is 13.2 Å². The number of hydrogen-bond donors (Lipinski definition) is 2. The van der Waals surface area contributed by atoms with E-state index in [0.29, 0.717) is 0 Å². The summed E-state index contributed by atoms with van der Waals surface area (Å²) in [6.45, 7) is 0. The van der Waals surface area contributed by atoms with Crippen molar-refractivity contribution in [2.45, 2.75) is 12.2 Å². The van der Waals surface area contributed by atoms with Gasteiger partial charge in [0.05, 0.1) is 10.7 Å². The molecule has 84 valence electrons. The van der Waals surface area contributed by atoms with Crippen LogP contribution >= 0.6 is 23.2 Å². The first-order valence-electron chi connectivity index (χ1n) is 3.80. The molecule has 0 fully saturated rings. The Morgan fingerprint density at radius 1 is 1.20 bits per heavy atom. The fraction of sp³-hybridized carbons (Fsp3) is 0.250. The Bertz CT molecular complexity index is 379. The van der Waals surface area contributed by atoms with E-state index in [-0.39, 0.29) is 21.3 Å². The van der Waals surface area contributed by atoms with Crippen molar-refractivity contribution in [1.29, 1.82) is 0 Å². The smallest absolute Gasteiger partial charge is 0.397 e. The molecular formula is C8H7Cl2F3N2.